The number of hydrogen-bond acceptors (Lipinski definition) is 1. The van der Waals surface area contributed by atoms with Crippen molar-refractivity contribution < 1.29 is 17.6 Å². The van der Waals surface area contributed by atoms with Crippen LogP contribution in [0.25, 0.3) is 11.1 Å². The summed E-state index contributed by atoms with van der Waals surface area (Å²) in [4.78, 5) is 3.44. The Balaban J connectivity index is 2.68. The maximum absolute atomic E-state index is 13.5. The first kappa shape index (κ1) is 13.3. The summed E-state index contributed by atoms with van der Waals surface area (Å²) in [5.41, 5.74) is -1.21. The van der Waals surface area contributed by atoms with E-state index in [1.54, 1.807) is 0 Å². The lowest BCUT2D eigenvalue weighted by atomic mass is 10.0. The lowest BCUT2D eigenvalue weighted by Gasteiger charge is -2.13. The van der Waals surface area contributed by atoms with E-state index in [0.717, 1.165) is 6.07 Å². The van der Waals surface area contributed by atoms with Gasteiger partial charge in [-0.2, -0.15) is 17.6 Å². The molecule has 1 nitrogen and oxygen atoms in total. The molecule has 6 heteroatoms. The number of rotatable bonds is 1. The van der Waals surface area contributed by atoms with Crippen LogP contribution < -0.4 is 0 Å². The second kappa shape index (κ2) is 4.83. The number of pyridine rings is 1. The van der Waals surface area contributed by atoms with Gasteiger partial charge in [0, 0.05) is 15.3 Å². The summed E-state index contributed by atoms with van der Waals surface area (Å²) in [5, 5.41) is 0. The Morgan fingerprint density at radius 2 is 1.72 bits per heavy atom. The Hall–Kier alpha value is -1.18. The van der Waals surface area contributed by atoms with Gasteiger partial charge in [0.2, 0.25) is 5.95 Å². The van der Waals surface area contributed by atoms with Crippen LogP contribution in [-0.2, 0) is 6.18 Å². The van der Waals surface area contributed by atoms with Crippen LogP contribution in [0.5, 0.6) is 0 Å². The lowest BCUT2D eigenvalue weighted by Crippen LogP contribution is -2.07. The minimum Gasteiger partial charge on any atom is -0.227 e. The van der Waals surface area contributed by atoms with Gasteiger partial charge in [0.15, 0.2) is 0 Å². The molecule has 0 bridgehead atoms. The van der Waals surface area contributed by atoms with Gasteiger partial charge in [-0.15, -0.1) is 0 Å². The van der Waals surface area contributed by atoms with E-state index in [1.165, 1.54) is 30.5 Å². The maximum atomic E-state index is 13.5. The zero-order valence-electron chi connectivity index (χ0n) is 8.80. The van der Waals surface area contributed by atoms with Crippen molar-refractivity contribution >= 4 is 22.6 Å². The van der Waals surface area contributed by atoms with Crippen LogP contribution in [0.3, 0.4) is 0 Å². The highest BCUT2D eigenvalue weighted by Crippen LogP contribution is 2.37. The first-order valence-electron chi connectivity index (χ1n) is 4.87. The minimum atomic E-state index is -4.52. The number of hydrogen-bond donors (Lipinski definition) is 0. The molecule has 0 unspecified atom stereocenters. The Morgan fingerprint density at radius 1 is 1.06 bits per heavy atom. The lowest BCUT2D eigenvalue weighted by molar-refractivity contribution is -0.137. The number of benzene rings is 1. The molecule has 94 valence electrons. The average Bonchev–Trinajstić information content (AvgIpc) is 2.31. The average molecular weight is 367 g/mol. The normalized spacial score (nSPS) is 11.6. The van der Waals surface area contributed by atoms with Crippen molar-refractivity contribution in [3.8, 4) is 11.1 Å². The third-order valence-corrected chi connectivity index (χ3v) is 2.92. The van der Waals surface area contributed by atoms with Crippen LogP contribution in [0.2, 0.25) is 0 Å². The van der Waals surface area contributed by atoms with Crippen LogP contribution in [0.4, 0.5) is 17.6 Å². The van der Waals surface area contributed by atoms with Crippen LogP contribution in [0.15, 0.2) is 36.5 Å². The maximum Gasteiger partial charge on any atom is 0.417 e. The number of nitrogens with zero attached hydrogens (tertiary/aromatic N) is 1. The molecule has 0 amide bonds. The molecule has 0 aliphatic carbocycles. The zero-order valence-corrected chi connectivity index (χ0v) is 11.0. The fourth-order valence-corrected chi connectivity index (χ4v) is 2.03. The fraction of sp³-hybridized carbons (Fsp3) is 0.0833. The van der Waals surface area contributed by atoms with E-state index in [2.05, 4.69) is 4.98 Å². The molecule has 1 aromatic heterocycles. The van der Waals surface area contributed by atoms with Gasteiger partial charge >= 0.3 is 6.18 Å². The van der Waals surface area contributed by atoms with Crippen molar-refractivity contribution in [3.05, 3.63) is 51.6 Å². The largest absolute Gasteiger partial charge is 0.417 e. The topological polar surface area (TPSA) is 12.9 Å². The fourth-order valence-electron chi connectivity index (χ4n) is 1.58. The summed E-state index contributed by atoms with van der Waals surface area (Å²) in [6.45, 7) is 0. The summed E-state index contributed by atoms with van der Waals surface area (Å²) >= 11 is 1.87. The highest BCUT2D eigenvalue weighted by Gasteiger charge is 2.34. The van der Waals surface area contributed by atoms with Crippen molar-refractivity contribution in [2.24, 2.45) is 0 Å². The molecule has 0 fully saturated rings. The Kier molecular flexibility index (Phi) is 3.56. The highest BCUT2D eigenvalue weighted by molar-refractivity contribution is 14.1. The van der Waals surface area contributed by atoms with E-state index in [0.29, 0.717) is 3.57 Å². The van der Waals surface area contributed by atoms with Crippen LogP contribution in [-0.4, -0.2) is 4.98 Å². The molecule has 0 radical (unpaired) electrons. The molecule has 0 saturated carbocycles. The molecular formula is C12H6F4IN. The van der Waals surface area contributed by atoms with E-state index < -0.39 is 17.7 Å². The third-order valence-electron chi connectivity index (χ3n) is 2.33. The van der Waals surface area contributed by atoms with Gasteiger partial charge < -0.3 is 0 Å². The molecule has 0 saturated heterocycles. The zero-order chi connectivity index (χ0) is 13.3. The number of aromatic nitrogens is 1. The molecule has 0 aliphatic rings. The van der Waals surface area contributed by atoms with Crippen LogP contribution in [0.1, 0.15) is 5.56 Å². The summed E-state index contributed by atoms with van der Waals surface area (Å²) < 4.78 is 52.6. The second-order valence-electron chi connectivity index (χ2n) is 3.54. The van der Waals surface area contributed by atoms with Gasteiger partial charge in [-0.3, -0.25) is 0 Å². The molecular weight excluding hydrogens is 361 g/mol. The second-order valence-corrected chi connectivity index (χ2v) is 4.78. The molecule has 0 atom stereocenters. The third kappa shape index (κ3) is 2.63. The van der Waals surface area contributed by atoms with E-state index >= 15 is 0 Å². The summed E-state index contributed by atoms with van der Waals surface area (Å²) in [5.74, 6) is -0.910. The molecule has 0 spiro atoms. The summed E-state index contributed by atoms with van der Waals surface area (Å²) in [6, 6.07) is 6.20. The van der Waals surface area contributed by atoms with Gasteiger partial charge in [-0.25, -0.2) is 4.98 Å². The Labute approximate surface area is 114 Å². The highest BCUT2D eigenvalue weighted by atomic mass is 127. The molecule has 2 aromatic rings. The number of alkyl halides is 3. The minimum absolute atomic E-state index is 0.144. The SMILES string of the molecule is Fc1ncc(I)cc1-c1ccccc1C(F)(F)F. The molecule has 18 heavy (non-hydrogen) atoms. The van der Waals surface area contributed by atoms with Crippen molar-refractivity contribution in [2.75, 3.05) is 0 Å². The summed E-state index contributed by atoms with van der Waals surface area (Å²) in [6.07, 6.45) is -3.26. The predicted octanol–water partition coefficient (Wildman–Crippen LogP) is 4.51. The molecule has 1 aromatic carbocycles. The summed E-state index contributed by atoms with van der Waals surface area (Å²) in [7, 11) is 0. The van der Waals surface area contributed by atoms with Crippen molar-refractivity contribution in [1.29, 1.82) is 0 Å². The van der Waals surface area contributed by atoms with Crippen LogP contribution in [0, 0.1) is 9.52 Å². The monoisotopic (exact) mass is 367 g/mol. The van der Waals surface area contributed by atoms with Crippen molar-refractivity contribution in [1.82, 2.24) is 4.98 Å². The molecule has 0 aliphatic heterocycles. The van der Waals surface area contributed by atoms with E-state index in [1.807, 2.05) is 22.6 Å². The first-order chi connectivity index (χ1) is 8.39. The molecule has 2 rings (SSSR count). The van der Waals surface area contributed by atoms with E-state index in [-0.39, 0.29) is 11.1 Å². The van der Waals surface area contributed by atoms with E-state index in [4.69, 9.17) is 0 Å². The van der Waals surface area contributed by atoms with Gasteiger partial charge in [0.25, 0.3) is 0 Å². The first-order valence-corrected chi connectivity index (χ1v) is 5.95. The van der Waals surface area contributed by atoms with Gasteiger partial charge in [0.1, 0.15) is 0 Å². The van der Waals surface area contributed by atoms with Crippen LogP contribution >= 0.6 is 22.6 Å². The van der Waals surface area contributed by atoms with Gasteiger partial charge in [-0.05, 0) is 40.3 Å². The van der Waals surface area contributed by atoms with Gasteiger partial charge in [0.05, 0.1) is 5.56 Å². The predicted molar refractivity (Wildman–Crippen MR) is 67.4 cm³/mol. The quantitative estimate of drug-likeness (QED) is 0.411. The van der Waals surface area contributed by atoms with Crippen molar-refractivity contribution in [2.45, 2.75) is 6.18 Å². The smallest absolute Gasteiger partial charge is 0.227 e. The van der Waals surface area contributed by atoms with Gasteiger partial charge in [-0.1, -0.05) is 18.2 Å². The number of halogens is 5. The standard InChI is InChI=1S/C12H6F4IN/c13-11-9(5-7(17)6-18-11)8-3-1-2-4-10(8)12(14,15)16/h1-6H. The molecule has 0 N–H and O–H groups in total. The van der Waals surface area contributed by atoms with E-state index in [9.17, 15) is 17.6 Å². The van der Waals surface area contributed by atoms with Crippen molar-refractivity contribution in [3.63, 3.8) is 0 Å². The Morgan fingerprint density at radius 3 is 2.39 bits per heavy atom. The Bertz CT molecular complexity index is 581. The molecule has 1 heterocycles.